The Labute approximate surface area is 216 Å². The number of aliphatic hydroxyl groups is 3. The highest BCUT2D eigenvalue weighted by atomic mass is 35.5. The first-order valence-corrected chi connectivity index (χ1v) is 12.7. The van der Waals surface area contributed by atoms with Crippen molar-refractivity contribution in [2.75, 3.05) is 6.61 Å². The summed E-state index contributed by atoms with van der Waals surface area (Å²) in [6.45, 7) is 1.44. The summed E-state index contributed by atoms with van der Waals surface area (Å²) < 4.78 is 0. The van der Waals surface area contributed by atoms with Crippen LogP contribution >= 0.6 is 11.6 Å². The molecule has 0 spiro atoms. The number of aryl methyl sites for hydroxylation is 1. The van der Waals surface area contributed by atoms with Crippen molar-refractivity contribution in [2.24, 2.45) is 11.8 Å². The first-order valence-electron chi connectivity index (χ1n) is 12.3. The minimum absolute atomic E-state index is 0.154. The minimum Gasteiger partial charge on any atom is -0.393 e. The van der Waals surface area contributed by atoms with Gasteiger partial charge in [-0.1, -0.05) is 48.0 Å². The fourth-order valence-electron chi connectivity index (χ4n) is 4.38. The number of unbranched alkanes of at least 4 members (excludes halogenated alkanes) is 1. The van der Waals surface area contributed by atoms with Gasteiger partial charge >= 0.3 is 0 Å². The third kappa shape index (κ3) is 11.1. The average Bonchev–Trinajstić information content (AvgIpc) is 3.09. The Balaban J connectivity index is 1.72. The van der Waals surface area contributed by atoms with Crippen LogP contribution in [0.4, 0.5) is 0 Å². The Hall–Kier alpha value is -2.46. The molecule has 0 bridgehead atoms. The topological polar surface area (TPSA) is 142 Å². The molecule has 1 aromatic carbocycles. The van der Waals surface area contributed by atoms with Crippen LogP contribution in [0.1, 0.15) is 51.0 Å². The number of rotatable bonds is 15. The number of nitrogens with one attached hydrogen (secondary N) is 1. The van der Waals surface area contributed by atoms with E-state index in [1.165, 1.54) is 0 Å². The summed E-state index contributed by atoms with van der Waals surface area (Å²) >= 11 is 6.00. The molecule has 1 unspecified atom stereocenters. The van der Waals surface area contributed by atoms with Crippen LogP contribution in [0.25, 0.3) is 0 Å². The lowest BCUT2D eigenvalue weighted by atomic mass is 9.89. The second-order valence-corrected chi connectivity index (χ2v) is 9.76. The highest BCUT2D eigenvalue weighted by Crippen LogP contribution is 2.36. The van der Waals surface area contributed by atoms with Crippen LogP contribution in [-0.4, -0.2) is 57.3 Å². The number of hydrogen-bond acceptors (Lipinski definition) is 7. The third-order valence-electron chi connectivity index (χ3n) is 6.28. The molecule has 1 aromatic rings. The molecule has 9 nitrogen and oxygen atoms in total. The number of benzene rings is 1. The SMILES string of the molecule is CC(CO[N+](=O)[O-])NC(=O)CCC/C=C\C[C@@H]1[C@@H](/C=C/[C@@H](O)CCc2cccc(Cl)c2)[C@H](O)C[C@@H]1O. The van der Waals surface area contributed by atoms with Gasteiger partial charge in [-0.3, -0.25) is 4.79 Å². The van der Waals surface area contributed by atoms with Gasteiger partial charge in [0.05, 0.1) is 18.3 Å². The van der Waals surface area contributed by atoms with Crippen molar-refractivity contribution in [1.82, 2.24) is 5.32 Å². The van der Waals surface area contributed by atoms with Crippen LogP contribution in [0.15, 0.2) is 48.6 Å². The normalized spacial score (nSPS) is 23.7. The van der Waals surface area contributed by atoms with E-state index in [0.717, 1.165) is 5.56 Å². The number of carbonyl (C=O) groups is 1. The molecule has 200 valence electrons. The summed E-state index contributed by atoms with van der Waals surface area (Å²) in [5.74, 6) is -0.603. The summed E-state index contributed by atoms with van der Waals surface area (Å²) in [4.78, 5) is 26.3. The van der Waals surface area contributed by atoms with Crippen LogP contribution < -0.4 is 5.32 Å². The molecule has 0 saturated heterocycles. The number of nitrogens with zero attached hydrogens (tertiary/aromatic N) is 1. The molecular formula is C26H37ClN2O7. The van der Waals surface area contributed by atoms with E-state index >= 15 is 0 Å². The van der Waals surface area contributed by atoms with Crippen molar-refractivity contribution < 1.29 is 30.0 Å². The van der Waals surface area contributed by atoms with Gasteiger partial charge in [-0.15, -0.1) is 10.1 Å². The van der Waals surface area contributed by atoms with Gasteiger partial charge < -0.3 is 25.5 Å². The minimum atomic E-state index is -0.890. The van der Waals surface area contributed by atoms with E-state index in [2.05, 4.69) is 10.2 Å². The number of allylic oxidation sites excluding steroid dienone is 2. The van der Waals surface area contributed by atoms with Crippen LogP contribution in [0.3, 0.4) is 0 Å². The molecule has 36 heavy (non-hydrogen) atoms. The quantitative estimate of drug-likeness (QED) is 0.119. The Morgan fingerprint density at radius 3 is 2.83 bits per heavy atom. The molecule has 4 N–H and O–H groups in total. The fraction of sp³-hybridized carbons (Fsp3) is 0.577. The van der Waals surface area contributed by atoms with Crippen molar-refractivity contribution in [1.29, 1.82) is 0 Å². The number of amides is 1. The second-order valence-electron chi connectivity index (χ2n) is 9.32. The van der Waals surface area contributed by atoms with Gasteiger partial charge in [-0.05, 0) is 62.6 Å². The molecule has 1 amide bonds. The van der Waals surface area contributed by atoms with Gasteiger partial charge in [-0.25, -0.2) is 0 Å². The maximum Gasteiger partial charge on any atom is 0.294 e. The first kappa shape index (κ1) is 29.8. The van der Waals surface area contributed by atoms with E-state index in [1.807, 2.05) is 36.4 Å². The van der Waals surface area contributed by atoms with E-state index in [9.17, 15) is 30.2 Å². The van der Waals surface area contributed by atoms with E-state index in [0.29, 0.717) is 43.5 Å². The van der Waals surface area contributed by atoms with Gasteiger partial charge in [-0.2, -0.15) is 0 Å². The second kappa shape index (κ2) is 15.6. The monoisotopic (exact) mass is 524 g/mol. The molecule has 6 atom stereocenters. The van der Waals surface area contributed by atoms with Crippen LogP contribution in [0, 0.1) is 22.0 Å². The van der Waals surface area contributed by atoms with E-state index < -0.39 is 29.4 Å². The smallest absolute Gasteiger partial charge is 0.294 e. The van der Waals surface area contributed by atoms with Crippen molar-refractivity contribution in [3.05, 3.63) is 69.3 Å². The molecule has 0 aliphatic heterocycles. The van der Waals surface area contributed by atoms with Crippen molar-refractivity contribution >= 4 is 17.5 Å². The zero-order valence-corrected chi connectivity index (χ0v) is 21.3. The van der Waals surface area contributed by atoms with Crippen molar-refractivity contribution in [3.8, 4) is 0 Å². The number of hydrogen-bond donors (Lipinski definition) is 4. The maximum atomic E-state index is 11.9. The summed E-state index contributed by atoms with van der Waals surface area (Å²) in [5, 5.41) is 43.8. The molecule has 0 radical (unpaired) electrons. The first-order chi connectivity index (χ1) is 17.2. The third-order valence-corrected chi connectivity index (χ3v) is 6.51. The molecule has 2 rings (SSSR count). The number of aliphatic hydroxyl groups excluding tert-OH is 3. The molecule has 0 aromatic heterocycles. The lowest BCUT2D eigenvalue weighted by Gasteiger charge is -2.19. The predicted octanol–water partition coefficient (Wildman–Crippen LogP) is 3.38. The molecule has 1 fully saturated rings. The summed E-state index contributed by atoms with van der Waals surface area (Å²) in [6.07, 6.45) is 9.11. The van der Waals surface area contributed by atoms with Gasteiger partial charge in [0, 0.05) is 29.8 Å². The predicted molar refractivity (Wildman–Crippen MR) is 137 cm³/mol. The highest BCUT2D eigenvalue weighted by Gasteiger charge is 2.39. The zero-order valence-electron chi connectivity index (χ0n) is 20.5. The maximum absolute atomic E-state index is 11.9. The Morgan fingerprint density at radius 2 is 2.11 bits per heavy atom. The van der Waals surface area contributed by atoms with Crippen molar-refractivity contribution in [2.45, 2.75) is 76.2 Å². The Bertz CT molecular complexity index is 895. The van der Waals surface area contributed by atoms with E-state index in [-0.39, 0.29) is 30.8 Å². The van der Waals surface area contributed by atoms with Gasteiger partial charge in [0.25, 0.3) is 5.09 Å². The largest absolute Gasteiger partial charge is 0.393 e. The molecular weight excluding hydrogens is 488 g/mol. The van der Waals surface area contributed by atoms with Gasteiger partial charge in [0.15, 0.2) is 0 Å². The van der Waals surface area contributed by atoms with Crippen LogP contribution in [0.5, 0.6) is 0 Å². The number of carbonyl (C=O) groups excluding carboxylic acids is 1. The zero-order chi connectivity index (χ0) is 26.5. The lowest BCUT2D eigenvalue weighted by Crippen LogP contribution is -2.36. The molecule has 0 heterocycles. The van der Waals surface area contributed by atoms with Crippen LogP contribution in [-0.2, 0) is 16.1 Å². The highest BCUT2D eigenvalue weighted by molar-refractivity contribution is 6.30. The molecule has 1 aliphatic rings. The summed E-state index contributed by atoms with van der Waals surface area (Å²) in [6, 6.07) is 7.07. The lowest BCUT2D eigenvalue weighted by molar-refractivity contribution is -0.758. The molecule has 1 aliphatic carbocycles. The molecule has 10 heteroatoms. The standard InChI is InChI=1S/C26H37ClN2O7/c1-18(17-36-29(34)35)28-26(33)10-5-3-2-4-9-22-23(25(32)16-24(22)31)14-13-21(30)12-11-19-7-6-8-20(27)15-19/h2,4,6-8,13-15,18,21-25,30-32H,3,5,9-12,16-17H2,1H3,(H,28,33)/b4-2-,14-13+/t18?,21-,22+,23+,24-,25+/m0/s1. The van der Waals surface area contributed by atoms with Gasteiger partial charge in [0.1, 0.15) is 6.61 Å². The Kier molecular flexibility index (Phi) is 12.9. The fourth-order valence-corrected chi connectivity index (χ4v) is 4.59. The summed E-state index contributed by atoms with van der Waals surface area (Å²) in [5.41, 5.74) is 1.05. The Morgan fingerprint density at radius 1 is 1.33 bits per heavy atom. The van der Waals surface area contributed by atoms with Crippen molar-refractivity contribution in [3.63, 3.8) is 0 Å². The molecule has 1 saturated carbocycles. The number of halogens is 1. The average molecular weight is 525 g/mol. The van der Waals surface area contributed by atoms with Crippen LogP contribution in [0.2, 0.25) is 5.02 Å². The van der Waals surface area contributed by atoms with E-state index in [1.54, 1.807) is 19.1 Å². The van der Waals surface area contributed by atoms with E-state index in [4.69, 9.17) is 11.6 Å². The summed E-state index contributed by atoms with van der Waals surface area (Å²) in [7, 11) is 0. The van der Waals surface area contributed by atoms with Gasteiger partial charge in [0.2, 0.25) is 5.91 Å².